The van der Waals surface area contributed by atoms with Crippen LogP contribution in [-0.2, 0) is 0 Å². The van der Waals surface area contributed by atoms with Gasteiger partial charge in [0.05, 0.1) is 11.4 Å². The Hall–Kier alpha value is -2.78. The molecule has 3 heteroatoms. The Morgan fingerprint density at radius 2 is 1.15 bits per heavy atom. The van der Waals surface area contributed by atoms with Crippen LogP contribution in [0.15, 0.2) is 89.4 Å². The van der Waals surface area contributed by atoms with Crippen molar-refractivity contribution >= 4 is 15.9 Å². The fourth-order valence-corrected chi connectivity index (χ4v) is 3.56. The molecule has 0 aliphatic carbocycles. The van der Waals surface area contributed by atoms with Crippen LogP contribution in [0.1, 0.15) is 5.56 Å². The first-order valence-corrected chi connectivity index (χ1v) is 9.26. The fourth-order valence-electron chi connectivity index (χ4n) is 2.96. The maximum Gasteiger partial charge on any atom is 0.160 e. The number of aryl methyl sites for hydroxylation is 1. The predicted molar refractivity (Wildman–Crippen MR) is 111 cm³/mol. The van der Waals surface area contributed by atoms with Crippen LogP contribution < -0.4 is 0 Å². The lowest BCUT2D eigenvalue weighted by molar-refractivity contribution is 1.18. The van der Waals surface area contributed by atoms with Crippen molar-refractivity contribution in [3.05, 3.63) is 95.0 Å². The highest BCUT2D eigenvalue weighted by Gasteiger charge is 2.11. The molecule has 26 heavy (non-hydrogen) atoms. The van der Waals surface area contributed by atoms with Crippen molar-refractivity contribution < 1.29 is 0 Å². The van der Waals surface area contributed by atoms with Gasteiger partial charge in [0.15, 0.2) is 5.82 Å². The van der Waals surface area contributed by atoms with Crippen molar-refractivity contribution in [2.75, 3.05) is 0 Å². The zero-order chi connectivity index (χ0) is 17.9. The van der Waals surface area contributed by atoms with Crippen LogP contribution in [0.2, 0.25) is 0 Å². The maximum absolute atomic E-state index is 4.85. The highest BCUT2D eigenvalue weighted by molar-refractivity contribution is 9.10. The van der Waals surface area contributed by atoms with Crippen LogP contribution in [0.25, 0.3) is 33.9 Å². The van der Waals surface area contributed by atoms with E-state index in [9.17, 15) is 0 Å². The van der Waals surface area contributed by atoms with Crippen molar-refractivity contribution in [2.24, 2.45) is 0 Å². The number of hydrogen-bond donors (Lipinski definition) is 0. The smallest absolute Gasteiger partial charge is 0.160 e. The first kappa shape index (κ1) is 16.7. The first-order valence-electron chi connectivity index (χ1n) is 8.46. The van der Waals surface area contributed by atoms with Crippen LogP contribution >= 0.6 is 15.9 Å². The second kappa shape index (κ2) is 7.22. The van der Waals surface area contributed by atoms with E-state index in [0.29, 0.717) is 0 Å². The molecule has 0 fully saturated rings. The molecule has 0 unspecified atom stereocenters. The minimum atomic E-state index is 0.731. The summed E-state index contributed by atoms with van der Waals surface area (Å²) in [5, 5.41) is 0. The molecular formula is C23H17BrN2. The normalized spacial score (nSPS) is 10.7. The van der Waals surface area contributed by atoms with Gasteiger partial charge in [-0.3, -0.25) is 0 Å². The molecule has 0 aliphatic rings. The Morgan fingerprint density at radius 3 is 1.65 bits per heavy atom. The largest absolute Gasteiger partial charge is 0.228 e. The van der Waals surface area contributed by atoms with Gasteiger partial charge in [0.2, 0.25) is 0 Å². The second-order valence-corrected chi connectivity index (χ2v) is 7.13. The molecule has 0 amide bonds. The van der Waals surface area contributed by atoms with Gasteiger partial charge >= 0.3 is 0 Å². The summed E-state index contributed by atoms with van der Waals surface area (Å²) in [7, 11) is 0. The SMILES string of the molecule is Cc1cc(Br)cc(-c2nc(-c3ccccc3)cc(-c3ccccc3)n2)c1. The molecule has 3 aromatic carbocycles. The lowest BCUT2D eigenvalue weighted by Gasteiger charge is -2.10. The summed E-state index contributed by atoms with van der Waals surface area (Å²) < 4.78 is 1.03. The molecule has 0 N–H and O–H groups in total. The summed E-state index contributed by atoms with van der Waals surface area (Å²) >= 11 is 3.58. The van der Waals surface area contributed by atoms with E-state index in [2.05, 4.69) is 71.4 Å². The average molecular weight is 401 g/mol. The quantitative estimate of drug-likeness (QED) is 0.389. The third-order valence-electron chi connectivity index (χ3n) is 4.17. The lowest BCUT2D eigenvalue weighted by atomic mass is 10.1. The standard InChI is InChI=1S/C23H17BrN2/c1-16-12-19(14-20(24)13-16)23-25-21(17-8-4-2-5-9-17)15-22(26-23)18-10-6-3-7-11-18/h2-15H,1H3. The Labute approximate surface area is 161 Å². The Bertz CT molecular complexity index is 966. The Balaban J connectivity index is 1.93. The number of aromatic nitrogens is 2. The fraction of sp³-hybridized carbons (Fsp3) is 0.0435. The Morgan fingerprint density at radius 1 is 0.615 bits per heavy atom. The summed E-state index contributed by atoms with van der Waals surface area (Å²) in [6, 6.07) is 28.8. The van der Waals surface area contributed by atoms with Gasteiger partial charge in [-0.2, -0.15) is 0 Å². The van der Waals surface area contributed by atoms with Gasteiger partial charge in [0.25, 0.3) is 0 Å². The second-order valence-electron chi connectivity index (χ2n) is 6.21. The third kappa shape index (κ3) is 3.58. The highest BCUT2D eigenvalue weighted by atomic mass is 79.9. The molecule has 1 aromatic heterocycles. The average Bonchev–Trinajstić information content (AvgIpc) is 2.68. The molecule has 4 aromatic rings. The van der Waals surface area contributed by atoms with Gasteiger partial charge in [-0.25, -0.2) is 9.97 Å². The number of hydrogen-bond acceptors (Lipinski definition) is 2. The molecule has 0 saturated heterocycles. The van der Waals surface area contributed by atoms with E-state index in [-0.39, 0.29) is 0 Å². The molecule has 0 atom stereocenters. The number of halogens is 1. The number of rotatable bonds is 3. The van der Waals surface area contributed by atoms with E-state index >= 15 is 0 Å². The van der Waals surface area contributed by atoms with Gasteiger partial charge in [-0.1, -0.05) is 76.6 Å². The van der Waals surface area contributed by atoms with E-state index in [4.69, 9.17) is 9.97 Å². The summed E-state index contributed by atoms with van der Waals surface area (Å²) in [6.45, 7) is 2.08. The zero-order valence-corrected chi connectivity index (χ0v) is 15.9. The predicted octanol–water partition coefficient (Wildman–Crippen LogP) is 6.55. The van der Waals surface area contributed by atoms with Crippen LogP contribution in [0.5, 0.6) is 0 Å². The van der Waals surface area contributed by atoms with Gasteiger partial charge in [-0.15, -0.1) is 0 Å². The van der Waals surface area contributed by atoms with E-state index in [1.807, 2.05) is 36.4 Å². The van der Waals surface area contributed by atoms with Gasteiger partial charge < -0.3 is 0 Å². The van der Waals surface area contributed by atoms with E-state index in [1.54, 1.807) is 0 Å². The molecule has 2 nitrogen and oxygen atoms in total. The molecule has 126 valence electrons. The van der Waals surface area contributed by atoms with Crippen molar-refractivity contribution in [1.82, 2.24) is 9.97 Å². The Kier molecular flexibility index (Phi) is 4.63. The topological polar surface area (TPSA) is 25.8 Å². The molecule has 0 aliphatic heterocycles. The zero-order valence-electron chi connectivity index (χ0n) is 14.4. The van der Waals surface area contributed by atoms with E-state index in [0.717, 1.165) is 38.4 Å². The molecule has 0 radical (unpaired) electrons. The first-order chi connectivity index (χ1) is 12.7. The van der Waals surface area contributed by atoms with Crippen molar-refractivity contribution in [3.8, 4) is 33.9 Å². The molecule has 0 saturated carbocycles. The van der Waals surface area contributed by atoms with Gasteiger partial charge in [-0.05, 0) is 36.8 Å². The van der Waals surface area contributed by atoms with Crippen molar-refractivity contribution in [1.29, 1.82) is 0 Å². The van der Waals surface area contributed by atoms with Crippen molar-refractivity contribution in [2.45, 2.75) is 6.92 Å². The van der Waals surface area contributed by atoms with Crippen LogP contribution in [0.3, 0.4) is 0 Å². The summed E-state index contributed by atoms with van der Waals surface area (Å²) in [6.07, 6.45) is 0. The van der Waals surface area contributed by atoms with E-state index < -0.39 is 0 Å². The summed E-state index contributed by atoms with van der Waals surface area (Å²) in [4.78, 5) is 9.70. The molecule has 0 spiro atoms. The molecule has 4 rings (SSSR count). The van der Waals surface area contributed by atoms with Gasteiger partial charge in [0.1, 0.15) is 0 Å². The van der Waals surface area contributed by atoms with Crippen LogP contribution in [0.4, 0.5) is 0 Å². The van der Waals surface area contributed by atoms with Crippen LogP contribution in [-0.4, -0.2) is 9.97 Å². The minimum absolute atomic E-state index is 0.731. The molecule has 1 heterocycles. The minimum Gasteiger partial charge on any atom is -0.228 e. The van der Waals surface area contributed by atoms with Crippen molar-refractivity contribution in [3.63, 3.8) is 0 Å². The monoisotopic (exact) mass is 400 g/mol. The maximum atomic E-state index is 4.85. The molecular weight excluding hydrogens is 384 g/mol. The van der Waals surface area contributed by atoms with E-state index in [1.165, 1.54) is 5.56 Å². The number of benzene rings is 3. The number of nitrogens with zero attached hydrogens (tertiary/aromatic N) is 2. The summed E-state index contributed by atoms with van der Waals surface area (Å²) in [5.41, 5.74) is 6.19. The third-order valence-corrected chi connectivity index (χ3v) is 4.62. The highest BCUT2D eigenvalue weighted by Crippen LogP contribution is 2.29. The summed E-state index contributed by atoms with van der Waals surface area (Å²) in [5.74, 6) is 0.731. The van der Waals surface area contributed by atoms with Crippen LogP contribution in [0, 0.1) is 6.92 Å². The van der Waals surface area contributed by atoms with Gasteiger partial charge in [0, 0.05) is 21.2 Å². The molecule has 0 bridgehead atoms. The lowest BCUT2D eigenvalue weighted by Crippen LogP contribution is -1.96.